The molecule has 0 fully saturated rings. The maximum atomic E-state index is 6.09. The van der Waals surface area contributed by atoms with Crippen LogP contribution in [-0.2, 0) is 0 Å². The highest BCUT2D eigenvalue weighted by atomic mass is 16.5. The van der Waals surface area contributed by atoms with E-state index in [1.165, 1.54) is 0 Å². The molecule has 0 radical (unpaired) electrons. The highest BCUT2D eigenvalue weighted by Crippen LogP contribution is 2.33. The first-order valence-corrected chi connectivity index (χ1v) is 11.8. The molecule has 0 saturated heterocycles. The van der Waals surface area contributed by atoms with Gasteiger partial charge in [-0.3, -0.25) is 0 Å². The zero-order valence-electron chi connectivity index (χ0n) is 20.3. The monoisotopic (exact) mass is 490 g/mol. The molecule has 5 aromatic rings. The number of ether oxygens (including phenoxy) is 4. The van der Waals surface area contributed by atoms with E-state index in [0.29, 0.717) is 45.9 Å². The van der Waals surface area contributed by atoms with Crippen LogP contribution in [-0.4, -0.2) is 7.05 Å². The summed E-state index contributed by atoms with van der Waals surface area (Å²) in [6.45, 7) is 0. The number of hydrogen-bond acceptors (Lipinski definition) is 6. The van der Waals surface area contributed by atoms with Gasteiger partial charge in [0.1, 0.15) is 46.0 Å². The van der Waals surface area contributed by atoms with Gasteiger partial charge in [0.15, 0.2) is 0 Å². The minimum absolute atomic E-state index is 0.634. The first kappa shape index (κ1) is 23.6. The molecule has 6 nitrogen and oxygen atoms in total. The summed E-state index contributed by atoms with van der Waals surface area (Å²) in [4.78, 5) is 0. The maximum Gasteiger partial charge on any atom is 0.131 e. The van der Waals surface area contributed by atoms with E-state index in [9.17, 15) is 0 Å². The predicted molar refractivity (Wildman–Crippen MR) is 146 cm³/mol. The fraction of sp³-hybridized carbons (Fsp3) is 0.0323. The van der Waals surface area contributed by atoms with E-state index in [-0.39, 0.29) is 0 Å². The minimum atomic E-state index is 0.634. The largest absolute Gasteiger partial charge is 0.457 e. The second-order valence-electron chi connectivity index (χ2n) is 8.18. The summed E-state index contributed by atoms with van der Waals surface area (Å²) in [5, 5.41) is 3.11. The van der Waals surface area contributed by atoms with Gasteiger partial charge in [-0.05, 0) is 60.7 Å². The van der Waals surface area contributed by atoms with Crippen molar-refractivity contribution in [2.45, 2.75) is 0 Å². The van der Waals surface area contributed by atoms with Crippen LogP contribution >= 0.6 is 0 Å². The third-order valence-corrected chi connectivity index (χ3v) is 5.34. The standard InChI is InChI=1S/C31H26N2O4/c1-33-23-8-3-10-25(18-23)35-27-12-5-14-29(20-27)37-31-16-6-15-30(21-31)36-28-13-4-11-26(19-28)34-24-9-2-7-22(32)17-24/h2-21,33H,32H2,1H3. The van der Waals surface area contributed by atoms with E-state index in [4.69, 9.17) is 24.7 Å². The summed E-state index contributed by atoms with van der Waals surface area (Å²) < 4.78 is 24.1. The fourth-order valence-corrected chi connectivity index (χ4v) is 3.64. The number of hydrogen-bond donors (Lipinski definition) is 2. The first-order valence-electron chi connectivity index (χ1n) is 11.8. The van der Waals surface area contributed by atoms with E-state index < -0.39 is 0 Å². The Kier molecular flexibility index (Phi) is 7.09. The highest BCUT2D eigenvalue weighted by molar-refractivity contribution is 5.50. The Balaban J connectivity index is 1.26. The molecular weight excluding hydrogens is 464 g/mol. The quantitative estimate of drug-likeness (QED) is 0.202. The van der Waals surface area contributed by atoms with Crippen molar-refractivity contribution < 1.29 is 18.9 Å². The molecule has 0 aliphatic heterocycles. The van der Waals surface area contributed by atoms with Crippen molar-refractivity contribution in [3.05, 3.63) is 121 Å². The van der Waals surface area contributed by atoms with Gasteiger partial charge in [0, 0.05) is 48.8 Å². The van der Waals surface area contributed by atoms with Crippen molar-refractivity contribution in [1.82, 2.24) is 0 Å². The summed E-state index contributed by atoms with van der Waals surface area (Å²) in [7, 11) is 1.87. The Morgan fingerprint density at radius 2 is 0.757 bits per heavy atom. The van der Waals surface area contributed by atoms with Gasteiger partial charge in [0.05, 0.1) is 0 Å². The van der Waals surface area contributed by atoms with Gasteiger partial charge in [-0.15, -0.1) is 0 Å². The molecule has 0 atom stereocenters. The van der Waals surface area contributed by atoms with Crippen LogP contribution in [0, 0.1) is 0 Å². The molecule has 0 bridgehead atoms. The number of nitrogen functional groups attached to an aromatic ring is 1. The third kappa shape index (κ3) is 6.52. The van der Waals surface area contributed by atoms with Crippen molar-refractivity contribution in [3.63, 3.8) is 0 Å². The Morgan fingerprint density at radius 3 is 1.14 bits per heavy atom. The van der Waals surface area contributed by atoms with Gasteiger partial charge in [-0.2, -0.15) is 0 Å². The average molecular weight is 491 g/mol. The van der Waals surface area contributed by atoms with Crippen LogP contribution in [0.3, 0.4) is 0 Å². The lowest BCUT2D eigenvalue weighted by Gasteiger charge is -2.12. The molecule has 5 rings (SSSR count). The Labute approximate surface area is 215 Å². The molecule has 184 valence electrons. The van der Waals surface area contributed by atoms with E-state index in [2.05, 4.69) is 5.32 Å². The number of nitrogens with two attached hydrogens (primary N) is 1. The third-order valence-electron chi connectivity index (χ3n) is 5.34. The van der Waals surface area contributed by atoms with E-state index >= 15 is 0 Å². The average Bonchev–Trinajstić information content (AvgIpc) is 2.89. The van der Waals surface area contributed by atoms with Crippen LogP contribution in [0.2, 0.25) is 0 Å². The molecular formula is C31H26N2O4. The van der Waals surface area contributed by atoms with Gasteiger partial charge in [0.2, 0.25) is 0 Å². The molecule has 0 spiro atoms. The molecule has 0 heterocycles. The molecule has 37 heavy (non-hydrogen) atoms. The number of anilines is 2. The van der Waals surface area contributed by atoms with Crippen LogP contribution in [0.15, 0.2) is 121 Å². The molecule has 0 aromatic heterocycles. The van der Waals surface area contributed by atoms with E-state index in [0.717, 1.165) is 11.4 Å². The van der Waals surface area contributed by atoms with E-state index in [1.54, 1.807) is 6.07 Å². The molecule has 0 saturated carbocycles. The fourth-order valence-electron chi connectivity index (χ4n) is 3.64. The van der Waals surface area contributed by atoms with Gasteiger partial charge >= 0.3 is 0 Å². The molecule has 3 N–H and O–H groups in total. The molecule has 0 unspecified atom stereocenters. The summed E-state index contributed by atoms with van der Waals surface area (Å²) in [6, 6.07) is 37.4. The smallest absolute Gasteiger partial charge is 0.131 e. The second kappa shape index (κ2) is 11.1. The zero-order valence-corrected chi connectivity index (χ0v) is 20.3. The normalized spacial score (nSPS) is 10.4. The number of rotatable bonds is 9. The molecule has 6 heteroatoms. The van der Waals surface area contributed by atoms with Gasteiger partial charge in [0.25, 0.3) is 0 Å². The maximum absolute atomic E-state index is 6.09. The van der Waals surface area contributed by atoms with Crippen molar-refractivity contribution >= 4 is 11.4 Å². The Bertz CT molecular complexity index is 1500. The van der Waals surface area contributed by atoms with Gasteiger partial charge in [-0.25, -0.2) is 0 Å². The number of nitrogens with one attached hydrogen (secondary N) is 1. The number of benzene rings is 5. The lowest BCUT2D eigenvalue weighted by atomic mass is 10.3. The zero-order chi connectivity index (χ0) is 25.5. The van der Waals surface area contributed by atoms with Crippen molar-refractivity contribution in [1.29, 1.82) is 0 Å². The lowest BCUT2D eigenvalue weighted by molar-refractivity contribution is 0.447. The van der Waals surface area contributed by atoms with Gasteiger partial charge < -0.3 is 30.0 Å². The van der Waals surface area contributed by atoms with Crippen molar-refractivity contribution in [3.8, 4) is 46.0 Å². The minimum Gasteiger partial charge on any atom is -0.457 e. The SMILES string of the molecule is CNc1cccc(Oc2cccc(Oc3cccc(Oc4cccc(Oc5cccc(N)c5)c4)c3)c2)c1. The van der Waals surface area contributed by atoms with Crippen molar-refractivity contribution in [2.75, 3.05) is 18.1 Å². The summed E-state index contributed by atoms with van der Waals surface area (Å²) in [5.74, 6) is 5.28. The van der Waals surface area contributed by atoms with Crippen LogP contribution in [0.4, 0.5) is 11.4 Å². The summed E-state index contributed by atoms with van der Waals surface area (Å²) >= 11 is 0. The first-order chi connectivity index (χ1) is 18.1. The van der Waals surface area contributed by atoms with Crippen LogP contribution in [0.1, 0.15) is 0 Å². The molecule has 5 aromatic carbocycles. The second-order valence-corrected chi connectivity index (χ2v) is 8.18. The van der Waals surface area contributed by atoms with Crippen LogP contribution in [0.25, 0.3) is 0 Å². The topological polar surface area (TPSA) is 75.0 Å². The Morgan fingerprint density at radius 1 is 0.432 bits per heavy atom. The summed E-state index contributed by atoms with van der Waals surface area (Å²) in [6.07, 6.45) is 0. The molecule has 0 aliphatic carbocycles. The Hall–Kier alpha value is -5.10. The van der Waals surface area contributed by atoms with Crippen molar-refractivity contribution in [2.24, 2.45) is 0 Å². The predicted octanol–water partition coefficient (Wildman–Crippen LogP) is 8.48. The van der Waals surface area contributed by atoms with E-state index in [1.807, 2.05) is 122 Å². The summed E-state index contributed by atoms with van der Waals surface area (Å²) in [5.41, 5.74) is 7.46. The highest BCUT2D eigenvalue weighted by Gasteiger charge is 2.06. The van der Waals surface area contributed by atoms with Crippen LogP contribution in [0.5, 0.6) is 46.0 Å². The van der Waals surface area contributed by atoms with Crippen LogP contribution < -0.4 is 30.0 Å². The molecule has 0 amide bonds. The lowest BCUT2D eigenvalue weighted by Crippen LogP contribution is -1.91. The van der Waals surface area contributed by atoms with Gasteiger partial charge in [-0.1, -0.05) is 30.3 Å². The molecule has 0 aliphatic rings.